The lowest BCUT2D eigenvalue weighted by Crippen LogP contribution is -2.20. The minimum atomic E-state index is -0.811. The van der Waals surface area contributed by atoms with E-state index in [9.17, 15) is 5.11 Å². The summed E-state index contributed by atoms with van der Waals surface area (Å²) < 4.78 is 0. The summed E-state index contributed by atoms with van der Waals surface area (Å²) in [6.45, 7) is 5.46. The summed E-state index contributed by atoms with van der Waals surface area (Å²) in [5.41, 5.74) is -0.811. The Morgan fingerprint density at radius 3 is 2.64 bits per heavy atom. The summed E-state index contributed by atoms with van der Waals surface area (Å²) in [5, 5.41) is 9.53. The van der Waals surface area contributed by atoms with Crippen molar-refractivity contribution in [3.05, 3.63) is 12.2 Å². The normalized spacial score (nSPS) is 15.6. The lowest BCUT2D eigenvalue weighted by molar-refractivity contribution is 0.113. The van der Waals surface area contributed by atoms with Gasteiger partial charge >= 0.3 is 0 Å². The monoisotopic (exact) mass is 152 g/mol. The van der Waals surface area contributed by atoms with Crippen LogP contribution in [0.15, 0.2) is 12.2 Å². The first kappa shape index (κ1) is 10.3. The molecule has 1 N–H and O–H groups in total. The smallest absolute Gasteiger partial charge is 0.123 e. The Labute approximate surface area is 69.1 Å². The molecule has 0 saturated carbocycles. The molecule has 0 aliphatic carbocycles. The van der Waals surface area contributed by atoms with Crippen molar-refractivity contribution < 1.29 is 5.11 Å². The zero-order valence-corrected chi connectivity index (χ0v) is 7.52. The van der Waals surface area contributed by atoms with Crippen LogP contribution in [0, 0.1) is 11.8 Å². The summed E-state index contributed by atoms with van der Waals surface area (Å²) in [4.78, 5) is 0. The van der Waals surface area contributed by atoms with Crippen molar-refractivity contribution in [2.75, 3.05) is 0 Å². The molecule has 0 aromatic heterocycles. The van der Waals surface area contributed by atoms with Gasteiger partial charge in [0.1, 0.15) is 5.60 Å². The van der Waals surface area contributed by atoms with E-state index in [-0.39, 0.29) is 0 Å². The van der Waals surface area contributed by atoms with Crippen LogP contribution in [0.1, 0.15) is 33.6 Å². The van der Waals surface area contributed by atoms with Crippen LogP contribution < -0.4 is 0 Å². The molecule has 0 amide bonds. The molecule has 0 aromatic carbocycles. The maximum atomic E-state index is 9.53. The van der Waals surface area contributed by atoms with Crippen LogP contribution in [0.25, 0.3) is 0 Å². The fourth-order valence-electron chi connectivity index (χ4n) is 0.863. The van der Waals surface area contributed by atoms with E-state index in [2.05, 4.69) is 11.8 Å². The molecule has 0 aliphatic heterocycles. The van der Waals surface area contributed by atoms with Gasteiger partial charge in [-0.15, -0.1) is 5.92 Å². The van der Waals surface area contributed by atoms with Crippen LogP contribution in [0.2, 0.25) is 0 Å². The molecule has 1 nitrogen and oxygen atoms in total. The van der Waals surface area contributed by atoms with E-state index >= 15 is 0 Å². The minimum absolute atomic E-state index is 0.707. The average Bonchev–Trinajstić information content (AvgIpc) is 1.87. The van der Waals surface area contributed by atoms with Crippen molar-refractivity contribution in [2.45, 2.75) is 39.2 Å². The third-order valence-corrected chi connectivity index (χ3v) is 1.43. The SMILES string of the molecule is CC#CC(C)(O)CCC=CC. The zero-order chi connectivity index (χ0) is 8.74. The van der Waals surface area contributed by atoms with E-state index in [1.165, 1.54) is 0 Å². The fraction of sp³-hybridized carbons (Fsp3) is 0.600. The molecule has 0 aromatic rings. The Kier molecular flexibility index (Phi) is 4.65. The van der Waals surface area contributed by atoms with Gasteiger partial charge in [-0.1, -0.05) is 18.1 Å². The Balaban J connectivity index is 3.79. The molecular weight excluding hydrogens is 136 g/mol. The van der Waals surface area contributed by atoms with Gasteiger partial charge < -0.3 is 5.11 Å². The van der Waals surface area contributed by atoms with Crippen LogP contribution >= 0.6 is 0 Å². The predicted molar refractivity (Wildman–Crippen MR) is 48.1 cm³/mol. The molecule has 0 aliphatic rings. The predicted octanol–water partition coefficient (Wildman–Crippen LogP) is 2.12. The lowest BCUT2D eigenvalue weighted by atomic mass is 10.0. The van der Waals surface area contributed by atoms with Gasteiger partial charge in [0.15, 0.2) is 0 Å². The molecule has 1 atom stereocenters. The summed E-state index contributed by atoms with van der Waals surface area (Å²) >= 11 is 0. The second-order valence-electron chi connectivity index (χ2n) is 2.76. The standard InChI is InChI=1S/C10H16O/c1-4-6-7-9-10(3,11)8-5-2/h4,6,11H,7,9H2,1-3H3. The van der Waals surface area contributed by atoms with Crippen LogP contribution in [-0.2, 0) is 0 Å². The van der Waals surface area contributed by atoms with E-state index in [1.807, 2.05) is 19.1 Å². The lowest BCUT2D eigenvalue weighted by Gasteiger charge is -2.14. The summed E-state index contributed by atoms with van der Waals surface area (Å²) in [7, 11) is 0. The Morgan fingerprint density at radius 1 is 1.55 bits per heavy atom. The number of hydrogen-bond donors (Lipinski definition) is 1. The first-order valence-corrected chi connectivity index (χ1v) is 3.90. The number of aliphatic hydroxyl groups is 1. The molecule has 62 valence electrons. The fourth-order valence-corrected chi connectivity index (χ4v) is 0.863. The number of rotatable bonds is 3. The van der Waals surface area contributed by atoms with E-state index in [1.54, 1.807) is 13.8 Å². The van der Waals surface area contributed by atoms with Gasteiger partial charge in [-0.25, -0.2) is 0 Å². The van der Waals surface area contributed by atoms with E-state index in [4.69, 9.17) is 0 Å². The largest absolute Gasteiger partial charge is 0.378 e. The van der Waals surface area contributed by atoms with E-state index < -0.39 is 5.60 Å². The second-order valence-corrected chi connectivity index (χ2v) is 2.76. The molecule has 1 unspecified atom stereocenters. The average molecular weight is 152 g/mol. The quantitative estimate of drug-likeness (QED) is 0.485. The van der Waals surface area contributed by atoms with Crippen molar-refractivity contribution in [2.24, 2.45) is 0 Å². The highest BCUT2D eigenvalue weighted by atomic mass is 16.3. The second kappa shape index (κ2) is 4.98. The van der Waals surface area contributed by atoms with Crippen molar-refractivity contribution in [3.63, 3.8) is 0 Å². The first-order chi connectivity index (χ1) is 5.12. The molecule has 0 bridgehead atoms. The third kappa shape index (κ3) is 5.69. The van der Waals surface area contributed by atoms with Crippen molar-refractivity contribution in [3.8, 4) is 11.8 Å². The van der Waals surface area contributed by atoms with Crippen LogP contribution in [0.3, 0.4) is 0 Å². The Morgan fingerprint density at radius 2 is 2.18 bits per heavy atom. The molecule has 0 heterocycles. The third-order valence-electron chi connectivity index (χ3n) is 1.43. The summed E-state index contributed by atoms with van der Waals surface area (Å²) in [6.07, 6.45) is 5.61. The van der Waals surface area contributed by atoms with Gasteiger partial charge in [0.05, 0.1) is 0 Å². The molecular formula is C10H16O. The summed E-state index contributed by atoms with van der Waals surface area (Å²) in [5.74, 6) is 5.46. The molecule has 0 radical (unpaired) electrons. The Hall–Kier alpha value is -0.740. The highest BCUT2D eigenvalue weighted by Gasteiger charge is 2.14. The van der Waals surface area contributed by atoms with Gasteiger partial charge in [0.2, 0.25) is 0 Å². The molecule has 0 spiro atoms. The number of hydrogen-bond acceptors (Lipinski definition) is 1. The van der Waals surface area contributed by atoms with Crippen molar-refractivity contribution in [1.82, 2.24) is 0 Å². The van der Waals surface area contributed by atoms with Crippen molar-refractivity contribution >= 4 is 0 Å². The van der Waals surface area contributed by atoms with Crippen LogP contribution in [-0.4, -0.2) is 10.7 Å². The first-order valence-electron chi connectivity index (χ1n) is 3.90. The van der Waals surface area contributed by atoms with Crippen LogP contribution in [0.5, 0.6) is 0 Å². The van der Waals surface area contributed by atoms with Gasteiger partial charge in [-0.3, -0.25) is 0 Å². The van der Waals surface area contributed by atoms with Gasteiger partial charge in [-0.05, 0) is 33.6 Å². The number of allylic oxidation sites excluding steroid dienone is 2. The topological polar surface area (TPSA) is 20.2 Å². The highest BCUT2D eigenvalue weighted by molar-refractivity contribution is 5.10. The van der Waals surface area contributed by atoms with E-state index in [0.717, 1.165) is 6.42 Å². The van der Waals surface area contributed by atoms with Gasteiger partial charge in [-0.2, -0.15) is 0 Å². The highest BCUT2D eigenvalue weighted by Crippen LogP contribution is 2.10. The summed E-state index contributed by atoms with van der Waals surface area (Å²) in [6, 6.07) is 0. The molecule has 0 rings (SSSR count). The Bertz CT molecular complexity index is 179. The van der Waals surface area contributed by atoms with Crippen molar-refractivity contribution in [1.29, 1.82) is 0 Å². The maximum absolute atomic E-state index is 9.53. The molecule has 11 heavy (non-hydrogen) atoms. The zero-order valence-electron chi connectivity index (χ0n) is 7.52. The molecule has 0 saturated heterocycles. The molecule has 0 fully saturated rings. The molecule has 1 heteroatoms. The minimum Gasteiger partial charge on any atom is -0.378 e. The van der Waals surface area contributed by atoms with Gasteiger partial charge in [0, 0.05) is 0 Å². The van der Waals surface area contributed by atoms with E-state index in [0.29, 0.717) is 6.42 Å². The van der Waals surface area contributed by atoms with Gasteiger partial charge in [0.25, 0.3) is 0 Å². The maximum Gasteiger partial charge on any atom is 0.123 e. The van der Waals surface area contributed by atoms with Crippen LogP contribution in [0.4, 0.5) is 0 Å².